The van der Waals surface area contributed by atoms with E-state index < -0.39 is 0 Å². The third kappa shape index (κ3) is 4.69. The molecule has 2 N–H and O–H groups in total. The van der Waals surface area contributed by atoms with E-state index in [2.05, 4.69) is 18.9 Å². The van der Waals surface area contributed by atoms with Crippen LogP contribution >= 0.6 is 0 Å². The lowest BCUT2D eigenvalue weighted by atomic mass is 10.0. The van der Waals surface area contributed by atoms with Gasteiger partial charge in [-0.05, 0) is 37.7 Å². The van der Waals surface area contributed by atoms with Gasteiger partial charge in [0.15, 0.2) is 0 Å². The lowest BCUT2D eigenvalue weighted by Gasteiger charge is -2.28. The van der Waals surface area contributed by atoms with Crippen molar-refractivity contribution in [2.24, 2.45) is 5.73 Å². The quantitative estimate of drug-likeness (QED) is 0.707. The molecule has 20 heavy (non-hydrogen) atoms. The summed E-state index contributed by atoms with van der Waals surface area (Å²) in [5, 5.41) is 0. The maximum absolute atomic E-state index is 5.97. The number of hydrogen-bond donors (Lipinski definition) is 1. The van der Waals surface area contributed by atoms with Crippen molar-refractivity contribution in [3.8, 4) is 11.5 Å². The van der Waals surface area contributed by atoms with Gasteiger partial charge in [0.05, 0.1) is 14.2 Å². The van der Waals surface area contributed by atoms with E-state index >= 15 is 0 Å². The SMILES string of the molecule is CCCCCN(C)C(CN)c1cc(OC)cc(OC)c1. The lowest BCUT2D eigenvalue weighted by Crippen LogP contribution is -2.31. The molecule has 4 heteroatoms. The molecular weight excluding hydrogens is 252 g/mol. The molecule has 0 aliphatic heterocycles. The minimum absolute atomic E-state index is 0.191. The highest BCUT2D eigenvalue weighted by Gasteiger charge is 2.17. The summed E-state index contributed by atoms with van der Waals surface area (Å²) in [6, 6.07) is 6.15. The molecule has 1 aromatic rings. The molecule has 1 rings (SSSR count). The first kappa shape index (κ1) is 16.8. The number of methoxy groups -OCH3 is 2. The Kier molecular flexibility index (Phi) is 7.41. The van der Waals surface area contributed by atoms with Gasteiger partial charge >= 0.3 is 0 Å². The number of nitrogens with two attached hydrogens (primary N) is 1. The summed E-state index contributed by atoms with van der Waals surface area (Å²) in [5.74, 6) is 1.61. The Bertz CT molecular complexity index is 374. The van der Waals surface area contributed by atoms with E-state index in [9.17, 15) is 0 Å². The van der Waals surface area contributed by atoms with Crippen LogP contribution in [-0.4, -0.2) is 39.3 Å². The first-order valence-corrected chi connectivity index (χ1v) is 7.29. The molecule has 0 bridgehead atoms. The molecule has 4 nitrogen and oxygen atoms in total. The van der Waals surface area contributed by atoms with Crippen LogP contribution in [0.1, 0.15) is 37.8 Å². The molecule has 0 aromatic heterocycles. The monoisotopic (exact) mass is 280 g/mol. The number of benzene rings is 1. The van der Waals surface area contributed by atoms with Crippen molar-refractivity contribution in [3.63, 3.8) is 0 Å². The Morgan fingerprint density at radius 2 is 1.70 bits per heavy atom. The fourth-order valence-electron chi connectivity index (χ4n) is 2.36. The molecule has 0 aliphatic carbocycles. The van der Waals surface area contributed by atoms with E-state index in [1.165, 1.54) is 19.3 Å². The highest BCUT2D eigenvalue weighted by atomic mass is 16.5. The summed E-state index contributed by atoms with van der Waals surface area (Å²) in [7, 11) is 5.46. The highest BCUT2D eigenvalue weighted by molar-refractivity contribution is 5.40. The lowest BCUT2D eigenvalue weighted by molar-refractivity contribution is 0.244. The van der Waals surface area contributed by atoms with Gasteiger partial charge in [-0.25, -0.2) is 0 Å². The normalized spacial score (nSPS) is 12.5. The summed E-state index contributed by atoms with van der Waals surface area (Å²) in [6.07, 6.45) is 3.68. The van der Waals surface area contributed by atoms with Crippen molar-refractivity contribution >= 4 is 0 Å². The summed E-state index contributed by atoms with van der Waals surface area (Å²) >= 11 is 0. The van der Waals surface area contributed by atoms with Crippen LogP contribution in [0, 0.1) is 0 Å². The van der Waals surface area contributed by atoms with Crippen molar-refractivity contribution in [3.05, 3.63) is 23.8 Å². The average Bonchev–Trinajstić information content (AvgIpc) is 2.47. The number of hydrogen-bond acceptors (Lipinski definition) is 4. The second-order valence-electron chi connectivity index (χ2n) is 5.09. The van der Waals surface area contributed by atoms with E-state index in [1.54, 1.807) is 14.2 Å². The molecular formula is C16H28N2O2. The van der Waals surface area contributed by atoms with Crippen molar-refractivity contribution in [1.82, 2.24) is 4.90 Å². The predicted octanol–water partition coefficient (Wildman–Crippen LogP) is 2.83. The predicted molar refractivity (Wildman–Crippen MR) is 83.5 cm³/mol. The molecule has 0 spiro atoms. The largest absolute Gasteiger partial charge is 0.497 e. The molecule has 0 fully saturated rings. The van der Waals surface area contributed by atoms with Crippen LogP contribution in [0.2, 0.25) is 0 Å². The van der Waals surface area contributed by atoms with E-state index in [0.717, 1.165) is 23.6 Å². The maximum Gasteiger partial charge on any atom is 0.122 e. The van der Waals surface area contributed by atoms with Gasteiger partial charge < -0.3 is 15.2 Å². The van der Waals surface area contributed by atoms with Crippen LogP contribution in [0.15, 0.2) is 18.2 Å². The minimum atomic E-state index is 0.191. The van der Waals surface area contributed by atoms with Crippen LogP contribution in [0.25, 0.3) is 0 Å². The summed E-state index contributed by atoms with van der Waals surface area (Å²) in [4.78, 5) is 2.31. The van der Waals surface area contributed by atoms with Crippen LogP contribution < -0.4 is 15.2 Å². The van der Waals surface area contributed by atoms with Gasteiger partial charge in [-0.15, -0.1) is 0 Å². The van der Waals surface area contributed by atoms with Crippen molar-refractivity contribution < 1.29 is 9.47 Å². The van der Waals surface area contributed by atoms with Crippen molar-refractivity contribution in [2.75, 3.05) is 34.4 Å². The van der Waals surface area contributed by atoms with E-state index in [4.69, 9.17) is 15.2 Å². The van der Waals surface area contributed by atoms with Gasteiger partial charge in [0.2, 0.25) is 0 Å². The fraction of sp³-hybridized carbons (Fsp3) is 0.625. The van der Waals surface area contributed by atoms with Gasteiger partial charge in [0.25, 0.3) is 0 Å². The number of ether oxygens (including phenoxy) is 2. The van der Waals surface area contributed by atoms with Crippen LogP contribution in [-0.2, 0) is 0 Å². The third-order valence-electron chi connectivity index (χ3n) is 3.63. The second-order valence-corrected chi connectivity index (χ2v) is 5.09. The molecule has 0 heterocycles. The molecule has 0 saturated heterocycles. The van der Waals surface area contributed by atoms with E-state index in [1.807, 2.05) is 18.2 Å². The van der Waals surface area contributed by atoms with Crippen LogP contribution in [0.4, 0.5) is 0 Å². The second kappa shape index (κ2) is 8.82. The molecule has 0 saturated carbocycles. The molecule has 0 aliphatic rings. The van der Waals surface area contributed by atoms with Crippen molar-refractivity contribution in [2.45, 2.75) is 32.2 Å². The first-order valence-electron chi connectivity index (χ1n) is 7.29. The summed E-state index contributed by atoms with van der Waals surface area (Å²) in [5.41, 5.74) is 7.11. The molecule has 1 unspecified atom stereocenters. The Hall–Kier alpha value is -1.26. The van der Waals surface area contributed by atoms with Gasteiger partial charge in [-0.2, -0.15) is 0 Å². The third-order valence-corrected chi connectivity index (χ3v) is 3.63. The van der Waals surface area contributed by atoms with Crippen LogP contribution in [0.5, 0.6) is 11.5 Å². The summed E-state index contributed by atoms with van der Waals surface area (Å²) < 4.78 is 10.7. The van der Waals surface area contributed by atoms with Gasteiger partial charge in [-0.3, -0.25) is 4.90 Å². The van der Waals surface area contributed by atoms with E-state index in [-0.39, 0.29) is 6.04 Å². The zero-order chi connectivity index (χ0) is 15.0. The fourth-order valence-corrected chi connectivity index (χ4v) is 2.36. The molecule has 0 amide bonds. The minimum Gasteiger partial charge on any atom is -0.497 e. The zero-order valence-electron chi connectivity index (χ0n) is 13.2. The van der Waals surface area contributed by atoms with Crippen LogP contribution in [0.3, 0.4) is 0 Å². The smallest absolute Gasteiger partial charge is 0.122 e. The number of unbranched alkanes of at least 4 members (excludes halogenated alkanes) is 2. The highest BCUT2D eigenvalue weighted by Crippen LogP contribution is 2.28. The first-order chi connectivity index (χ1) is 9.65. The molecule has 1 atom stereocenters. The Labute approximate surface area is 122 Å². The van der Waals surface area contributed by atoms with Gasteiger partial charge in [0.1, 0.15) is 11.5 Å². The van der Waals surface area contributed by atoms with E-state index in [0.29, 0.717) is 6.54 Å². The summed E-state index contributed by atoms with van der Waals surface area (Å²) in [6.45, 7) is 3.85. The topological polar surface area (TPSA) is 47.7 Å². The molecule has 0 radical (unpaired) electrons. The average molecular weight is 280 g/mol. The van der Waals surface area contributed by atoms with Gasteiger partial charge in [0, 0.05) is 18.7 Å². The zero-order valence-corrected chi connectivity index (χ0v) is 13.2. The Balaban J connectivity index is 2.87. The maximum atomic E-state index is 5.97. The van der Waals surface area contributed by atoms with Crippen molar-refractivity contribution in [1.29, 1.82) is 0 Å². The molecule has 114 valence electrons. The Morgan fingerprint density at radius 3 is 2.15 bits per heavy atom. The standard InChI is InChI=1S/C16H28N2O2/c1-5-6-7-8-18(2)16(12-17)13-9-14(19-3)11-15(10-13)20-4/h9-11,16H,5-8,12,17H2,1-4H3. The number of nitrogens with zero attached hydrogens (tertiary/aromatic N) is 1. The number of likely N-dealkylation sites (N-methyl/N-ethyl adjacent to an activating group) is 1. The molecule has 1 aromatic carbocycles. The number of rotatable bonds is 9. The Morgan fingerprint density at radius 1 is 1.10 bits per heavy atom. The van der Waals surface area contributed by atoms with Gasteiger partial charge in [-0.1, -0.05) is 19.8 Å².